The molecule has 5 rings (SSSR count). The molecule has 1 aromatic rings. The lowest BCUT2D eigenvalue weighted by molar-refractivity contribution is -0.120. The van der Waals surface area contributed by atoms with Crippen molar-refractivity contribution in [1.29, 1.82) is 0 Å². The van der Waals surface area contributed by atoms with Gasteiger partial charge in [-0.3, -0.25) is 19.2 Å². The Bertz CT molecular complexity index is 1840. The van der Waals surface area contributed by atoms with E-state index >= 15 is 0 Å². The summed E-state index contributed by atoms with van der Waals surface area (Å²) >= 11 is 3.82. The number of urea groups is 3. The van der Waals surface area contributed by atoms with E-state index in [9.17, 15) is 33.6 Å². The number of rotatable bonds is 47. The third-order valence-electron chi connectivity index (χ3n) is 13.9. The third kappa shape index (κ3) is 26.3. The molecule has 4 aliphatic rings. The van der Waals surface area contributed by atoms with E-state index in [1.54, 1.807) is 18.2 Å². The number of anilines is 1. The Labute approximate surface area is 464 Å². The molecule has 0 spiro atoms. The van der Waals surface area contributed by atoms with Gasteiger partial charge >= 0.3 is 18.1 Å². The molecule has 4 saturated heterocycles. The molecule has 4 fully saturated rings. The van der Waals surface area contributed by atoms with Crippen LogP contribution >= 0.6 is 23.5 Å². The average Bonchev–Trinajstić information content (AvgIpc) is 4.23. The fourth-order valence-electron chi connectivity index (χ4n) is 9.66. The molecule has 0 aromatic heterocycles. The summed E-state index contributed by atoms with van der Waals surface area (Å²) in [6, 6.07) is 5.09. The number of carbonyl (C=O) groups excluding carboxylic acids is 7. The van der Waals surface area contributed by atoms with E-state index in [1.807, 2.05) is 23.5 Å². The maximum Gasteiger partial charge on any atom is 0.319 e. The molecule has 0 saturated carbocycles. The Morgan fingerprint density at radius 2 is 0.844 bits per heavy atom. The van der Waals surface area contributed by atoms with E-state index < -0.39 is 6.03 Å². The lowest BCUT2D eigenvalue weighted by Crippen LogP contribution is -2.36. The number of amides is 6. The second-order valence-electron chi connectivity index (χ2n) is 20.1. The molecular formula is C55H89N7O13S2. The van der Waals surface area contributed by atoms with Gasteiger partial charge in [-0.05, 0) is 95.2 Å². The number of carbonyl (C=O) groups is 7. The van der Waals surface area contributed by atoms with E-state index in [-0.39, 0.29) is 73.7 Å². The largest absolute Gasteiger partial charge is 0.379 e. The predicted molar refractivity (Wildman–Crippen MR) is 299 cm³/mol. The lowest BCUT2D eigenvalue weighted by atomic mass is 9.98. The number of fused-ring (bicyclic) bond motifs is 2. The maximum absolute atomic E-state index is 13.3. The number of hydrogen-bond donors (Lipinski definition) is 7. The summed E-state index contributed by atoms with van der Waals surface area (Å²) in [6.07, 6.45) is 14.5. The fraction of sp³-hybridized carbons (Fsp3) is 0.764. The molecule has 6 unspecified atom stereocenters. The molecule has 4 heterocycles. The van der Waals surface area contributed by atoms with Crippen molar-refractivity contribution < 1.29 is 62.0 Å². The highest BCUT2D eigenvalue weighted by Crippen LogP contribution is 2.34. The van der Waals surface area contributed by atoms with Gasteiger partial charge in [0.25, 0.3) is 0 Å². The van der Waals surface area contributed by atoms with E-state index in [0.29, 0.717) is 170 Å². The van der Waals surface area contributed by atoms with Crippen LogP contribution in [0.25, 0.3) is 0 Å². The molecule has 4 aliphatic heterocycles. The van der Waals surface area contributed by atoms with Crippen LogP contribution in [0.5, 0.6) is 0 Å². The van der Waals surface area contributed by atoms with Gasteiger partial charge in [-0.1, -0.05) is 12.8 Å². The molecule has 77 heavy (non-hydrogen) atoms. The fourth-order valence-corrected chi connectivity index (χ4v) is 12.7. The summed E-state index contributed by atoms with van der Waals surface area (Å²) in [5, 5.41) is 18.2. The molecule has 6 amide bonds. The van der Waals surface area contributed by atoms with Gasteiger partial charge in [0.05, 0.1) is 77.0 Å². The Balaban J connectivity index is 0.799. The molecule has 20 nitrogen and oxygen atoms in total. The molecule has 6 atom stereocenters. The van der Waals surface area contributed by atoms with Crippen molar-refractivity contribution in [3.8, 4) is 0 Å². The first-order valence-electron chi connectivity index (χ1n) is 28.4. The van der Waals surface area contributed by atoms with Crippen LogP contribution in [-0.4, -0.2) is 180 Å². The van der Waals surface area contributed by atoms with E-state index in [4.69, 9.17) is 34.2 Å². The molecule has 22 heteroatoms. The molecular weight excluding hydrogens is 1030 g/mol. The Morgan fingerprint density at radius 3 is 1.23 bits per heavy atom. The summed E-state index contributed by atoms with van der Waals surface area (Å²) < 4.78 is 33.9. The molecule has 0 radical (unpaired) electrons. The van der Waals surface area contributed by atoms with Crippen molar-refractivity contribution in [2.24, 2.45) is 5.73 Å². The van der Waals surface area contributed by atoms with Gasteiger partial charge < -0.3 is 66.1 Å². The standard InChI is InChI=1S/C55H89N7O13S2/c56-21-22-57-53(67)58-42-36-40(47(65)17-7-11-25-72-29-33-74-31-27-70-23-9-5-15-43(63)13-1-3-19-49-51-45(38-76-49)59-54(68)61-51)35-41(37-42)48(66)18-8-12-26-73-30-34-75-32-28-71-24-10-6-16-44(64)14-2-4-20-50-52-46(39-77-50)60-55(69)62-52/h35-37,45-46,49-52H,1-34,38-39,56H2,(H2,57,58,67)(H2,59,61,68)(H2,60,62,69). The first kappa shape index (κ1) is 64.0. The van der Waals surface area contributed by atoms with Crippen LogP contribution in [-0.2, 0) is 38.0 Å². The normalized spacial score (nSPS) is 20.3. The Hall–Kier alpha value is -3.87. The smallest absolute Gasteiger partial charge is 0.319 e. The van der Waals surface area contributed by atoms with Gasteiger partial charge in [-0.2, -0.15) is 23.5 Å². The van der Waals surface area contributed by atoms with Crippen molar-refractivity contribution in [2.75, 3.05) is 109 Å². The van der Waals surface area contributed by atoms with Crippen molar-refractivity contribution in [3.05, 3.63) is 29.3 Å². The van der Waals surface area contributed by atoms with Crippen LogP contribution in [0.3, 0.4) is 0 Å². The zero-order chi connectivity index (χ0) is 54.7. The number of ketones is 4. The van der Waals surface area contributed by atoms with Crippen LogP contribution in [0, 0.1) is 0 Å². The first-order chi connectivity index (χ1) is 37.6. The molecule has 434 valence electrons. The van der Waals surface area contributed by atoms with Crippen molar-refractivity contribution in [2.45, 2.75) is 163 Å². The zero-order valence-electron chi connectivity index (χ0n) is 45.4. The average molecular weight is 1120 g/mol. The number of thioether (sulfide) groups is 2. The van der Waals surface area contributed by atoms with Crippen LogP contribution < -0.4 is 37.6 Å². The second kappa shape index (κ2) is 38.7. The minimum atomic E-state index is -0.478. The van der Waals surface area contributed by atoms with Crippen LogP contribution in [0.2, 0.25) is 0 Å². The monoisotopic (exact) mass is 1120 g/mol. The summed E-state index contributed by atoms with van der Waals surface area (Å²) in [4.78, 5) is 86.7. The highest BCUT2D eigenvalue weighted by molar-refractivity contribution is 8.00. The lowest BCUT2D eigenvalue weighted by Gasteiger charge is -2.16. The number of unbranched alkanes of at least 4 members (excludes halogenated alkanes) is 6. The number of nitrogens with two attached hydrogens (primary N) is 1. The van der Waals surface area contributed by atoms with Gasteiger partial charge in [0.2, 0.25) is 0 Å². The van der Waals surface area contributed by atoms with Crippen LogP contribution in [0.15, 0.2) is 18.2 Å². The predicted octanol–water partition coefficient (Wildman–Crippen LogP) is 6.50. The first-order valence-corrected chi connectivity index (χ1v) is 30.5. The quantitative estimate of drug-likeness (QED) is 0.0208. The Kier molecular flexibility index (Phi) is 32.1. The molecule has 0 aliphatic carbocycles. The number of ether oxygens (including phenoxy) is 6. The van der Waals surface area contributed by atoms with Gasteiger partial charge in [0.15, 0.2) is 11.6 Å². The topological polar surface area (TPSA) is 273 Å². The minimum absolute atomic E-state index is 0.0632. The highest BCUT2D eigenvalue weighted by atomic mass is 32.2. The summed E-state index contributed by atoms with van der Waals surface area (Å²) in [5.41, 5.74) is 6.58. The molecule has 1 aromatic carbocycles. The maximum atomic E-state index is 13.3. The summed E-state index contributed by atoms with van der Waals surface area (Å²) in [7, 11) is 0. The molecule has 0 bridgehead atoms. The van der Waals surface area contributed by atoms with Gasteiger partial charge in [-0.15, -0.1) is 0 Å². The van der Waals surface area contributed by atoms with Gasteiger partial charge in [0.1, 0.15) is 11.6 Å². The number of nitrogens with one attached hydrogen (secondary N) is 6. The number of benzene rings is 1. The molecule has 8 N–H and O–H groups in total. The van der Waals surface area contributed by atoms with E-state index in [0.717, 1.165) is 75.7 Å². The van der Waals surface area contributed by atoms with E-state index in [1.165, 1.54) is 0 Å². The van der Waals surface area contributed by atoms with Crippen molar-refractivity contribution in [3.63, 3.8) is 0 Å². The van der Waals surface area contributed by atoms with Crippen molar-refractivity contribution in [1.82, 2.24) is 26.6 Å². The SMILES string of the molecule is NCCNC(=O)Nc1cc(C(=O)CCCCOCCOCCOCCCCC(=O)CCCCC2SCC3NC(=O)NC32)cc(C(=O)CCCCOCCOCCOCCCCC(=O)CCCCC2SCC3NC(=O)NC32)c1. The second-order valence-corrected chi connectivity index (χ2v) is 22.7. The summed E-state index contributed by atoms with van der Waals surface area (Å²) in [6.45, 7) is 6.22. The number of Topliss-reactive ketones (excluding diaryl/α,β-unsaturated/α-hetero) is 4. The third-order valence-corrected chi connectivity index (χ3v) is 16.9. The zero-order valence-corrected chi connectivity index (χ0v) is 47.0. The van der Waals surface area contributed by atoms with Gasteiger partial charge in [0, 0.05) is 117 Å². The Morgan fingerprint density at radius 1 is 0.481 bits per heavy atom. The van der Waals surface area contributed by atoms with E-state index in [2.05, 4.69) is 31.9 Å². The van der Waals surface area contributed by atoms with Crippen molar-refractivity contribution >= 4 is 70.4 Å². The minimum Gasteiger partial charge on any atom is -0.379 e. The van der Waals surface area contributed by atoms with Gasteiger partial charge in [-0.25, -0.2) is 14.4 Å². The number of hydrogen-bond acceptors (Lipinski definition) is 16. The van der Waals surface area contributed by atoms with Crippen LogP contribution in [0.4, 0.5) is 20.1 Å². The van der Waals surface area contributed by atoms with Crippen LogP contribution in [0.1, 0.15) is 149 Å². The highest BCUT2D eigenvalue weighted by Gasteiger charge is 2.43. The summed E-state index contributed by atoms with van der Waals surface area (Å²) in [5.74, 6) is 2.24.